The van der Waals surface area contributed by atoms with Crippen LogP contribution in [0.5, 0.6) is 0 Å². The molecule has 0 aromatic heterocycles. The second kappa shape index (κ2) is 7.41. The SMILES string of the molecule is CC1(C)c2ccccc2N(c2ccccc2-c2cccc(C#N)c2C#N)c2ccccc21. The molecule has 0 unspecified atom stereocenters. The van der Waals surface area contributed by atoms with Crippen molar-refractivity contribution in [1.82, 2.24) is 0 Å². The van der Waals surface area contributed by atoms with E-state index in [1.165, 1.54) is 11.1 Å². The summed E-state index contributed by atoms with van der Waals surface area (Å²) in [7, 11) is 0. The fourth-order valence-corrected chi connectivity index (χ4v) is 4.82. The zero-order valence-corrected chi connectivity index (χ0v) is 18.0. The maximum absolute atomic E-state index is 9.86. The molecule has 4 aromatic carbocycles. The quantitative estimate of drug-likeness (QED) is 0.350. The van der Waals surface area contributed by atoms with Crippen molar-refractivity contribution < 1.29 is 0 Å². The summed E-state index contributed by atoms with van der Waals surface area (Å²) < 4.78 is 0. The van der Waals surface area contributed by atoms with E-state index in [1.54, 1.807) is 6.07 Å². The van der Waals surface area contributed by atoms with Crippen LogP contribution < -0.4 is 4.90 Å². The largest absolute Gasteiger partial charge is 0.309 e. The molecule has 0 fully saturated rings. The number of nitrogens with zero attached hydrogens (tertiary/aromatic N) is 3. The lowest BCUT2D eigenvalue weighted by Gasteiger charge is -2.42. The van der Waals surface area contributed by atoms with Crippen molar-refractivity contribution in [2.45, 2.75) is 19.3 Å². The van der Waals surface area contributed by atoms with Gasteiger partial charge in [-0.15, -0.1) is 0 Å². The van der Waals surface area contributed by atoms with E-state index in [0.717, 1.165) is 28.2 Å². The molecule has 0 atom stereocenters. The lowest BCUT2D eigenvalue weighted by Crippen LogP contribution is -2.30. The lowest BCUT2D eigenvalue weighted by molar-refractivity contribution is 0.632. The minimum Gasteiger partial charge on any atom is -0.309 e. The van der Waals surface area contributed by atoms with E-state index in [9.17, 15) is 10.5 Å². The van der Waals surface area contributed by atoms with Gasteiger partial charge in [-0.2, -0.15) is 10.5 Å². The molecular formula is C29H21N3. The van der Waals surface area contributed by atoms with E-state index in [4.69, 9.17) is 0 Å². The molecule has 4 aromatic rings. The van der Waals surface area contributed by atoms with Crippen molar-refractivity contribution in [2.75, 3.05) is 4.90 Å². The summed E-state index contributed by atoms with van der Waals surface area (Å²) in [6, 6.07) is 35.0. The second-order valence-corrected chi connectivity index (χ2v) is 8.46. The summed E-state index contributed by atoms with van der Waals surface area (Å²) in [6.07, 6.45) is 0. The molecule has 32 heavy (non-hydrogen) atoms. The van der Waals surface area contributed by atoms with Crippen LogP contribution in [-0.2, 0) is 5.41 Å². The fourth-order valence-electron chi connectivity index (χ4n) is 4.82. The van der Waals surface area contributed by atoms with Crippen molar-refractivity contribution in [1.29, 1.82) is 10.5 Å². The van der Waals surface area contributed by atoms with Crippen molar-refractivity contribution in [3.8, 4) is 23.3 Å². The van der Waals surface area contributed by atoms with E-state index in [-0.39, 0.29) is 5.41 Å². The number of hydrogen-bond acceptors (Lipinski definition) is 3. The summed E-state index contributed by atoms with van der Waals surface area (Å²) in [5.74, 6) is 0. The van der Waals surface area contributed by atoms with E-state index in [1.807, 2.05) is 30.3 Å². The summed E-state index contributed by atoms with van der Waals surface area (Å²) in [4.78, 5) is 2.28. The normalized spacial score (nSPS) is 13.4. The number of nitriles is 2. The highest BCUT2D eigenvalue weighted by molar-refractivity contribution is 5.93. The van der Waals surface area contributed by atoms with Crippen LogP contribution in [0.2, 0.25) is 0 Å². The van der Waals surface area contributed by atoms with E-state index in [0.29, 0.717) is 11.1 Å². The Bertz CT molecular complexity index is 1380. The molecule has 0 aliphatic carbocycles. The van der Waals surface area contributed by atoms with Crippen LogP contribution in [0.3, 0.4) is 0 Å². The minimum atomic E-state index is -0.142. The first kappa shape index (κ1) is 19.6. The Balaban J connectivity index is 1.84. The molecule has 3 nitrogen and oxygen atoms in total. The average Bonchev–Trinajstić information content (AvgIpc) is 2.84. The van der Waals surface area contributed by atoms with Crippen LogP contribution in [-0.4, -0.2) is 0 Å². The predicted molar refractivity (Wildman–Crippen MR) is 128 cm³/mol. The number of fused-ring (bicyclic) bond motifs is 2. The molecule has 152 valence electrons. The van der Waals surface area contributed by atoms with E-state index >= 15 is 0 Å². The van der Waals surface area contributed by atoms with Gasteiger partial charge in [0.2, 0.25) is 0 Å². The number of rotatable bonds is 2. The van der Waals surface area contributed by atoms with Crippen molar-refractivity contribution in [3.63, 3.8) is 0 Å². The highest BCUT2D eigenvalue weighted by atomic mass is 15.2. The number of para-hydroxylation sites is 3. The minimum absolute atomic E-state index is 0.142. The Morgan fingerprint density at radius 1 is 0.594 bits per heavy atom. The van der Waals surface area contributed by atoms with E-state index < -0.39 is 0 Å². The molecular weight excluding hydrogens is 390 g/mol. The Labute approximate surface area is 188 Å². The zero-order chi connectivity index (χ0) is 22.3. The predicted octanol–water partition coefficient (Wildman–Crippen LogP) is 7.21. The summed E-state index contributed by atoms with van der Waals surface area (Å²) in [5, 5.41) is 19.4. The molecule has 0 bridgehead atoms. The van der Waals surface area contributed by atoms with Gasteiger partial charge in [0.05, 0.1) is 28.2 Å². The molecule has 5 rings (SSSR count). The van der Waals surface area contributed by atoms with Gasteiger partial charge in [0.25, 0.3) is 0 Å². The first-order valence-corrected chi connectivity index (χ1v) is 10.6. The van der Waals surface area contributed by atoms with Gasteiger partial charge < -0.3 is 4.90 Å². The first-order chi connectivity index (χ1) is 15.6. The van der Waals surface area contributed by atoms with Gasteiger partial charge in [-0.25, -0.2) is 0 Å². The van der Waals surface area contributed by atoms with Gasteiger partial charge in [-0.3, -0.25) is 0 Å². The van der Waals surface area contributed by atoms with Crippen LogP contribution in [0.1, 0.15) is 36.1 Å². The summed E-state index contributed by atoms with van der Waals surface area (Å²) >= 11 is 0. The Kier molecular flexibility index (Phi) is 4.54. The topological polar surface area (TPSA) is 50.8 Å². The van der Waals surface area contributed by atoms with Gasteiger partial charge in [0, 0.05) is 16.5 Å². The van der Waals surface area contributed by atoms with Gasteiger partial charge in [0.15, 0.2) is 0 Å². The van der Waals surface area contributed by atoms with Crippen LogP contribution >= 0.6 is 0 Å². The van der Waals surface area contributed by atoms with Crippen LogP contribution in [0, 0.1) is 22.7 Å². The van der Waals surface area contributed by atoms with Crippen molar-refractivity contribution >= 4 is 17.1 Å². The molecule has 0 N–H and O–H groups in total. The van der Waals surface area contributed by atoms with Crippen molar-refractivity contribution in [2.24, 2.45) is 0 Å². The zero-order valence-electron chi connectivity index (χ0n) is 18.0. The number of hydrogen-bond donors (Lipinski definition) is 0. The number of benzene rings is 4. The van der Waals surface area contributed by atoms with Gasteiger partial charge >= 0.3 is 0 Å². The molecule has 0 spiro atoms. The smallest absolute Gasteiger partial charge is 0.101 e. The maximum Gasteiger partial charge on any atom is 0.101 e. The second-order valence-electron chi connectivity index (χ2n) is 8.46. The molecule has 0 saturated carbocycles. The molecule has 1 aliphatic rings. The fraction of sp³-hybridized carbons (Fsp3) is 0.103. The first-order valence-electron chi connectivity index (χ1n) is 10.6. The highest BCUT2D eigenvalue weighted by Gasteiger charge is 2.37. The van der Waals surface area contributed by atoms with Gasteiger partial charge in [0.1, 0.15) is 12.1 Å². The Morgan fingerprint density at radius 3 is 1.72 bits per heavy atom. The third-order valence-electron chi connectivity index (χ3n) is 6.37. The van der Waals surface area contributed by atoms with Gasteiger partial charge in [-0.1, -0.05) is 80.6 Å². The van der Waals surface area contributed by atoms with Crippen LogP contribution in [0.25, 0.3) is 11.1 Å². The Morgan fingerprint density at radius 2 is 1.12 bits per heavy atom. The molecule has 0 radical (unpaired) electrons. The average molecular weight is 412 g/mol. The lowest BCUT2D eigenvalue weighted by atomic mass is 9.73. The molecule has 0 saturated heterocycles. The standard InChI is InChI=1S/C29H21N3/c1-29(2)24-13-4-7-16-27(24)32(28-17-8-5-14-25(28)29)26-15-6-3-11-22(26)21-12-9-10-20(18-30)23(21)19-31/h3-17H,1-2H3. The monoisotopic (exact) mass is 411 g/mol. The molecule has 1 aliphatic heterocycles. The van der Waals surface area contributed by atoms with Gasteiger partial charge in [-0.05, 0) is 35.4 Å². The van der Waals surface area contributed by atoms with Crippen LogP contribution in [0.15, 0.2) is 91.0 Å². The third-order valence-corrected chi connectivity index (χ3v) is 6.37. The highest BCUT2D eigenvalue weighted by Crippen LogP contribution is 2.53. The molecule has 0 amide bonds. The van der Waals surface area contributed by atoms with Crippen molar-refractivity contribution in [3.05, 3.63) is 113 Å². The summed E-state index contributed by atoms with van der Waals surface area (Å²) in [5.41, 5.74) is 8.07. The Hall–Kier alpha value is -4.34. The molecule has 3 heteroatoms. The van der Waals surface area contributed by atoms with E-state index in [2.05, 4.69) is 85.5 Å². The van der Waals surface area contributed by atoms with Crippen LogP contribution in [0.4, 0.5) is 17.1 Å². The number of anilines is 3. The third kappa shape index (κ3) is 2.80. The summed E-state index contributed by atoms with van der Waals surface area (Å²) in [6.45, 7) is 4.52. The maximum atomic E-state index is 9.86. The molecule has 1 heterocycles.